The van der Waals surface area contributed by atoms with Crippen molar-refractivity contribution in [2.45, 2.75) is 45.2 Å². The quantitative estimate of drug-likeness (QED) is 0.803. The van der Waals surface area contributed by atoms with Crippen molar-refractivity contribution in [1.82, 2.24) is 9.99 Å². The van der Waals surface area contributed by atoms with E-state index in [1.54, 1.807) is 6.07 Å². The molecule has 1 N–H and O–H groups in total. The second-order valence-electron chi connectivity index (χ2n) is 4.49. The highest BCUT2D eigenvalue weighted by molar-refractivity contribution is 6.29. The van der Waals surface area contributed by atoms with Crippen LogP contribution in [0.5, 0.6) is 0 Å². The first kappa shape index (κ1) is 11.7. The molecular formula is C12H18ClN3. The molecule has 2 rings (SSSR count). The molecule has 2 heterocycles. The Balaban J connectivity index is 2.07. The molecule has 2 atom stereocenters. The molecule has 0 bridgehead atoms. The Bertz CT molecular complexity index is 346. The number of hydrazine groups is 1. The van der Waals surface area contributed by atoms with Crippen LogP contribution in [-0.4, -0.2) is 22.1 Å². The van der Waals surface area contributed by atoms with Gasteiger partial charge in [0.2, 0.25) is 0 Å². The van der Waals surface area contributed by atoms with Crippen LogP contribution in [0.4, 0.5) is 5.82 Å². The van der Waals surface area contributed by atoms with Crippen LogP contribution in [-0.2, 0) is 0 Å². The molecule has 0 aliphatic carbocycles. The maximum atomic E-state index is 5.87. The highest BCUT2D eigenvalue weighted by Crippen LogP contribution is 2.23. The van der Waals surface area contributed by atoms with E-state index in [9.17, 15) is 0 Å². The molecule has 1 fully saturated rings. The predicted molar refractivity (Wildman–Crippen MR) is 67.5 cm³/mol. The minimum Gasteiger partial charge on any atom is -0.303 e. The number of nitrogens with zero attached hydrogens (tertiary/aromatic N) is 2. The summed E-state index contributed by atoms with van der Waals surface area (Å²) in [4.78, 5) is 4.25. The van der Waals surface area contributed by atoms with E-state index in [1.165, 1.54) is 19.3 Å². The largest absolute Gasteiger partial charge is 0.303 e. The van der Waals surface area contributed by atoms with E-state index >= 15 is 0 Å². The van der Waals surface area contributed by atoms with Gasteiger partial charge in [0.25, 0.3) is 0 Å². The molecule has 1 aliphatic rings. The van der Waals surface area contributed by atoms with Crippen molar-refractivity contribution in [3.63, 3.8) is 0 Å². The number of rotatable bonds is 2. The third kappa shape index (κ3) is 2.66. The molecule has 0 amide bonds. The monoisotopic (exact) mass is 239 g/mol. The van der Waals surface area contributed by atoms with Crippen LogP contribution >= 0.6 is 11.6 Å². The normalized spacial score (nSPS) is 26.7. The molecule has 0 radical (unpaired) electrons. The number of anilines is 1. The summed E-state index contributed by atoms with van der Waals surface area (Å²) in [5.74, 6) is 0.827. The molecule has 1 saturated heterocycles. The Morgan fingerprint density at radius 1 is 1.31 bits per heavy atom. The Kier molecular flexibility index (Phi) is 3.66. The summed E-state index contributed by atoms with van der Waals surface area (Å²) in [6.07, 6.45) is 3.78. The van der Waals surface area contributed by atoms with E-state index in [0.29, 0.717) is 17.2 Å². The molecule has 4 heteroatoms. The summed E-state index contributed by atoms with van der Waals surface area (Å²) in [6, 6.07) is 6.74. The number of aromatic nitrogens is 1. The zero-order valence-corrected chi connectivity index (χ0v) is 10.5. The summed E-state index contributed by atoms with van der Waals surface area (Å²) in [5.41, 5.74) is 3.36. The average Bonchev–Trinajstić information content (AvgIpc) is 2.24. The van der Waals surface area contributed by atoms with E-state index in [0.717, 1.165) is 5.82 Å². The van der Waals surface area contributed by atoms with Crippen LogP contribution in [0.15, 0.2) is 18.2 Å². The lowest BCUT2D eigenvalue weighted by molar-refractivity contribution is 0.135. The Morgan fingerprint density at radius 3 is 2.62 bits per heavy atom. The van der Waals surface area contributed by atoms with E-state index in [2.05, 4.69) is 29.3 Å². The van der Waals surface area contributed by atoms with Crippen molar-refractivity contribution in [2.75, 3.05) is 5.43 Å². The standard InChI is InChI=1S/C12H18ClN3/c1-9-5-3-6-10(2)16(9)15-12-8-4-7-11(13)14-12/h4,7-10H,3,5-6H2,1-2H3,(H,14,15). The van der Waals surface area contributed by atoms with E-state index in [1.807, 2.05) is 12.1 Å². The molecule has 1 aromatic heterocycles. The summed E-state index contributed by atoms with van der Waals surface area (Å²) in [5, 5.41) is 2.81. The summed E-state index contributed by atoms with van der Waals surface area (Å²) < 4.78 is 0. The van der Waals surface area contributed by atoms with Gasteiger partial charge in [0.05, 0.1) is 0 Å². The molecule has 88 valence electrons. The Hall–Kier alpha value is -0.800. The third-order valence-corrected chi connectivity index (χ3v) is 3.36. The minimum absolute atomic E-state index is 0.530. The molecule has 16 heavy (non-hydrogen) atoms. The van der Waals surface area contributed by atoms with Crippen molar-refractivity contribution in [3.8, 4) is 0 Å². The molecule has 2 unspecified atom stereocenters. The molecule has 1 aromatic rings. The van der Waals surface area contributed by atoms with Gasteiger partial charge in [-0.25, -0.2) is 9.99 Å². The minimum atomic E-state index is 0.530. The SMILES string of the molecule is CC1CCCC(C)N1Nc1cccc(Cl)n1. The smallest absolute Gasteiger partial charge is 0.142 e. The van der Waals surface area contributed by atoms with Gasteiger partial charge in [-0.3, -0.25) is 0 Å². The summed E-state index contributed by atoms with van der Waals surface area (Å²) in [6.45, 7) is 4.49. The van der Waals surface area contributed by atoms with Gasteiger partial charge in [0, 0.05) is 12.1 Å². The van der Waals surface area contributed by atoms with Crippen LogP contribution in [0.3, 0.4) is 0 Å². The molecular weight excluding hydrogens is 222 g/mol. The molecule has 1 aliphatic heterocycles. The number of piperidine rings is 1. The van der Waals surface area contributed by atoms with Crippen LogP contribution in [0.2, 0.25) is 5.15 Å². The third-order valence-electron chi connectivity index (χ3n) is 3.15. The van der Waals surface area contributed by atoms with Crippen molar-refractivity contribution >= 4 is 17.4 Å². The van der Waals surface area contributed by atoms with E-state index in [4.69, 9.17) is 11.6 Å². The average molecular weight is 240 g/mol. The number of hydrogen-bond acceptors (Lipinski definition) is 3. The zero-order valence-electron chi connectivity index (χ0n) is 9.78. The van der Waals surface area contributed by atoms with Crippen molar-refractivity contribution in [2.24, 2.45) is 0 Å². The van der Waals surface area contributed by atoms with Crippen LogP contribution < -0.4 is 5.43 Å². The second-order valence-corrected chi connectivity index (χ2v) is 4.88. The topological polar surface area (TPSA) is 28.2 Å². The number of halogens is 1. The van der Waals surface area contributed by atoms with Crippen molar-refractivity contribution < 1.29 is 0 Å². The van der Waals surface area contributed by atoms with Crippen LogP contribution in [0, 0.1) is 0 Å². The van der Waals surface area contributed by atoms with E-state index in [-0.39, 0.29) is 0 Å². The lowest BCUT2D eigenvalue weighted by Crippen LogP contribution is -2.47. The fraction of sp³-hybridized carbons (Fsp3) is 0.583. The lowest BCUT2D eigenvalue weighted by Gasteiger charge is -2.39. The first-order valence-corrected chi connectivity index (χ1v) is 6.22. The van der Waals surface area contributed by atoms with Gasteiger partial charge < -0.3 is 5.43 Å². The predicted octanol–water partition coefficient (Wildman–Crippen LogP) is 3.32. The molecule has 0 saturated carbocycles. The highest BCUT2D eigenvalue weighted by Gasteiger charge is 2.24. The first-order valence-electron chi connectivity index (χ1n) is 5.84. The van der Waals surface area contributed by atoms with E-state index < -0.39 is 0 Å². The van der Waals surface area contributed by atoms with Gasteiger partial charge in [-0.15, -0.1) is 0 Å². The Labute approximate surface area is 102 Å². The van der Waals surface area contributed by atoms with Gasteiger partial charge in [-0.2, -0.15) is 0 Å². The number of hydrogen-bond donors (Lipinski definition) is 1. The molecule has 0 aromatic carbocycles. The summed E-state index contributed by atoms with van der Waals surface area (Å²) >= 11 is 5.87. The second kappa shape index (κ2) is 5.02. The van der Waals surface area contributed by atoms with Gasteiger partial charge in [-0.05, 0) is 38.8 Å². The summed E-state index contributed by atoms with van der Waals surface area (Å²) in [7, 11) is 0. The maximum absolute atomic E-state index is 5.87. The fourth-order valence-corrected chi connectivity index (χ4v) is 2.41. The number of pyridine rings is 1. The lowest BCUT2D eigenvalue weighted by atomic mass is 10.00. The first-order chi connectivity index (χ1) is 7.66. The zero-order chi connectivity index (χ0) is 11.5. The van der Waals surface area contributed by atoms with Gasteiger partial charge in [0.15, 0.2) is 0 Å². The van der Waals surface area contributed by atoms with Crippen LogP contribution in [0.25, 0.3) is 0 Å². The molecule has 3 nitrogen and oxygen atoms in total. The highest BCUT2D eigenvalue weighted by atomic mass is 35.5. The van der Waals surface area contributed by atoms with Gasteiger partial charge >= 0.3 is 0 Å². The molecule has 0 spiro atoms. The van der Waals surface area contributed by atoms with Gasteiger partial charge in [-0.1, -0.05) is 24.1 Å². The van der Waals surface area contributed by atoms with Crippen molar-refractivity contribution in [1.29, 1.82) is 0 Å². The van der Waals surface area contributed by atoms with Crippen molar-refractivity contribution in [3.05, 3.63) is 23.4 Å². The van der Waals surface area contributed by atoms with Gasteiger partial charge in [0.1, 0.15) is 11.0 Å². The fourth-order valence-electron chi connectivity index (χ4n) is 2.24. The number of nitrogens with one attached hydrogen (secondary N) is 1. The maximum Gasteiger partial charge on any atom is 0.142 e. The Morgan fingerprint density at radius 2 is 2.00 bits per heavy atom. The van der Waals surface area contributed by atoms with Crippen LogP contribution in [0.1, 0.15) is 33.1 Å².